The van der Waals surface area contributed by atoms with Crippen molar-refractivity contribution in [1.29, 1.82) is 5.41 Å². The first-order valence-electron chi connectivity index (χ1n) is 12.9. The zero-order chi connectivity index (χ0) is 25.3. The molecule has 0 fully saturated rings. The van der Waals surface area contributed by atoms with Crippen LogP contribution >= 0.6 is 0 Å². The first kappa shape index (κ1) is 25.5. The minimum Gasteiger partial charge on any atom is -0.398 e. The second-order valence-electron chi connectivity index (χ2n) is 9.41. The number of rotatable bonds is 12. The van der Waals surface area contributed by atoms with Crippen molar-refractivity contribution < 1.29 is 0 Å². The molecule has 2 aromatic heterocycles. The molecule has 3 aromatic rings. The maximum absolute atomic E-state index is 8.47. The third-order valence-electron chi connectivity index (χ3n) is 6.51. The summed E-state index contributed by atoms with van der Waals surface area (Å²) in [6, 6.07) is 11.9. The number of aryl methyl sites for hydroxylation is 1. The maximum Gasteiger partial charge on any atom is 0.136 e. The quantitative estimate of drug-likeness (QED) is 0.147. The van der Waals surface area contributed by atoms with Crippen LogP contribution in [0.2, 0.25) is 0 Å². The summed E-state index contributed by atoms with van der Waals surface area (Å²) in [5.41, 5.74) is 14.2. The number of hydrogen-bond acceptors (Lipinski definition) is 7. The van der Waals surface area contributed by atoms with Crippen LogP contribution in [0.3, 0.4) is 0 Å². The van der Waals surface area contributed by atoms with E-state index in [0.29, 0.717) is 24.5 Å². The molecule has 0 atom stereocenters. The molecule has 5 N–H and O–H groups in total. The summed E-state index contributed by atoms with van der Waals surface area (Å²) in [4.78, 5) is 13.8. The van der Waals surface area contributed by atoms with E-state index in [-0.39, 0.29) is 0 Å². The van der Waals surface area contributed by atoms with Crippen LogP contribution in [0.5, 0.6) is 0 Å². The van der Waals surface area contributed by atoms with Gasteiger partial charge in [0.25, 0.3) is 0 Å². The minimum absolute atomic E-state index is 0.506. The van der Waals surface area contributed by atoms with Crippen molar-refractivity contribution in [3.05, 3.63) is 65.0 Å². The van der Waals surface area contributed by atoms with E-state index in [2.05, 4.69) is 39.7 Å². The lowest BCUT2D eigenvalue weighted by Gasteiger charge is -2.19. The van der Waals surface area contributed by atoms with Gasteiger partial charge in [0, 0.05) is 59.1 Å². The standard InChI is InChI=1S/C29H37N7/c1-3-4-5-6-7-13-32-19-27(31)24-11-10-23(16-26(24)30)35-29-25-18-33-14-12-21(25)15-28(36-29)22-9-8-20(2)34-17-22/h8-11,14-17,31-32H,3-7,12-13,18-19,30H2,1-2H3,(H,35,36). The highest BCUT2D eigenvalue weighted by atomic mass is 15.0. The number of aromatic nitrogens is 2. The lowest BCUT2D eigenvalue weighted by atomic mass is 10.0. The molecule has 0 unspecified atom stereocenters. The molecule has 0 amide bonds. The van der Waals surface area contributed by atoms with E-state index in [0.717, 1.165) is 59.0 Å². The van der Waals surface area contributed by atoms with Crippen LogP contribution in [0, 0.1) is 12.3 Å². The van der Waals surface area contributed by atoms with Gasteiger partial charge in [0.2, 0.25) is 0 Å². The van der Waals surface area contributed by atoms with Gasteiger partial charge in [0.1, 0.15) is 5.82 Å². The van der Waals surface area contributed by atoms with Crippen LogP contribution in [0.4, 0.5) is 17.2 Å². The van der Waals surface area contributed by atoms with Gasteiger partial charge in [0.05, 0.1) is 18.0 Å². The van der Waals surface area contributed by atoms with Gasteiger partial charge in [-0.25, -0.2) is 4.98 Å². The summed E-state index contributed by atoms with van der Waals surface area (Å²) >= 11 is 0. The van der Waals surface area contributed by atoms with Crippen molar-refractivity contribution in [3.8, 4) is 11.3 Å². The number of unbranched alkanes of at least 4 members (excludes halogenated alkanes) is 4. The molecule has 188 valence electrons. The summed E-state index contributed by atoms with van der Waals surface area (Å²) < 4.78 is 0. The maximum atomic E-state index is 8.47. The zero-order valence-corrected chi connectivity index (χ0v) is 21.4. The number of hydrogen-bond donors (Lipinski definition) is 4. The first-order valence-corrected chi connectivity index (χ1v) is 12.9. The van der Waals surface area contributed by atoms with E-state index in [4.69, 9.17) is 16.1 Å². The highest BCUT2D eigenvalue weighted by Crippen LogP contribution is 2.31. The summed E-state index contributed by atoms with van der Waals surface area (Å²) in [6.07, 6.45) is 10.8. The monoisotopic (exact) mass is 483 g/mol. The molecule has 0 aliphatic carbocycles. The molecule has 1 aliphatic heterocycles. The molecule has 1 aliphatic rings. The Morgan fingerprint density at radius 2 is 1.94 bits per heavy atom. The number of nitrogens with zero attached hydrogens (tertiary/aromatic N) is 3. The number of nitrogen functional groups attached to an aromatic ring is 1. The summed E-state index contributed by atoms with van der Waals surface area (Å²) in [7, 11) is 0. The van der Waals surface area contributed by atoms with Crippen LogP contribution in [0.1, 0.15) is 61.4 Å². The third-order valence-corrected chi connectivity index (χ3v) is 6.51. The lowest BCUT2D eigenvalue weighted by Crippen LogP contribution is -2.24. The topological polar surface area (TPSA) is 112 Å². The number of nitrogens with two attached hydrogens (primary N) is 1. The van der Waals surface area contributed by atoms with Gasteiger partial charge in [-0.1, -0.05) is 32.6 Å². The number of fused-ring (bicyclic) bond motifs is 1. The Kier molecular flexibility index (Phi) is 8.79. The highest BCUT2D eigenvalue weighted by Gasteiger charge is 2.16. The molecule has 1 aromatic carbocycles. The van der Waals surface area contributed by atoms with Gasteiger partial charge in [-0.15, -0.1) is 0 Å². The van der Waals surface area contributed by atoms with Crippen LogP contribution in [-0.2, 0) is 13.0 Å². The molecule has 7 heteroatoms. The largest absolute Gasteiger partial charge is 0.398 e. The Balaban J connectivity index is 1.45. The van der Waals surface area contributed by atoms with Crippen molar-refractivity contribution in [2.75, 3.05) is 24.1 Å². The highest BCUT2D eigenvalue weighted by molar-refractivity contribution is 6.04. The number of pyridine rings is 2. The number of benzene rings is 1. The van der Waals surface area contributed by atoms with Gasteiger partial charge in [0.15, 0.2) is 0 Å². The Morgan fingerprint density at radius 3 is 2.72 bits per heavy atom. The molecule has 4 rings (SSSR count). The average molecular weight is 484 g/mol. The number of aliphatic imine (C=N–C) groups is 1. The molecule has 0 saturated heterocycles. The van der Waals surface area contributed by atoms with E-state index in [1.54, 1.807) is 0 Å². The second kappa shape index (κ2) is 12.4. The van der Waals surface area contributed by atoms with Crippen molar-refractivity contribution >= 4 is 29.1 Å². The summed E-state index contributed by atoms with van der Waals surface area (Å²) in [5, 5.41) is 15.3. The SMILES string of the molecule is CCCCCCCNCC(=N)c1ccc(Nc2nc(-c3ccc(C)nc3)cc3c2CN=CC3)cc1N. The van der Waals surface area contributed by atoms with E-state index in [9.17, 15) is 0 Å². The van der Waals surface area contributed by atoms with Crippen LogP contribution in [0.25, 0.3) is 11.3 Å². The van der Waals surface area contributed by atoms with E-state index in [1.165, 1.54) is 31.2 Å². The number of nitrogens with one attached hydrogen (secondary N) is 3. The zero-order valence-electron chi connectivity index (χ0n) is 21.4. The Labute approximate surface area is 214 Å². The van der Waals surface area contributed by atoms with Gasteiger partial charge in [-0.05, 0) is 61.9 Å². The molecule has 3 heterocycles. The Bertz CT molecular complexity index is 1220. The predicted octanol–water partition coefficient (Wildman–Crippen LogP) is 5.83. The molecular weight excluding hydrogens is 446 g/mol. The average Bonchev–Trinajstić information content (AvgIpc) is 2.88. The Hall–Kier alpha value is -3.58. The molecule has 0 radical (unpaired) electrons. The predicted molar refractivity (Wildman–Crippen MR) is 151 cm³/mol. The first-order chi connectivity index (χ1) is 17.5. The van der Waals surface area contributed by atoms with E-state index < -0.39 is 0 Å². The fourth-order valence-electron chi connectivity index (χ4n) is 4.39. The normalized spacial score (nSPS) is 12.4. The molecule has 7 nitrogen and oxygen atoms in total. The molecule has 36 heavy (non-hydrogen) atoms. The van der Waals surface area contributed by atoms with Crippen LogP contribution in [-0.4, -0.2) is 35.0 Å². The number of anilines is 3. The molecule has 0 bridgehead atoms. The minimum atomic E-state index is 0.506. The van der Waals surface area contributed by atoms with E-state index >= 15 is 0 Å². The van der Waals surface area contributed by atoms with E-state index in [1.807, 2.05) is 43.6 Å². The van der Waals surface area contributed by atoms with Crippen molar-refractivity contribution in [1.82, 2.24) is 15.3 Å². The van der Waals surface area contributed by atoms with Gasteiger partial charge < -0.3 is 21.8 Å². The Morgan fingerprint density at radius 1 is 1.08 bits per heavy atom. The second-order valence-corrected chi connectivity index (χ2v) is 9.41. The van der Waals surface area contributed by atoms with Crippen LogP contribution in [0.15, 0.2) is 47.6 Å². The van der Waals surface area contributed by atoms with Gasteiger partial charge >= 0.3 is 0 Å². The fourth-order valence-corrected chi connectivity index (χ4v) is 4.39. The summed E-state index contributed by atoms with van der Waals surface area (Å²) in [6.45, 7) is 6.25. The lowest BCUT2D eigenvalue weighted by molar-refractivity contribution is 0.603. The summed E-state index contributed by atoms with van der Waals surface area (Å²) in [5.74, 6) is 0.784. The molecule has 0 saturated carbocycles. The van der Waals surface area contributed by atoms with Gasteiger partial charge in [-0.2, -0.15) is 0 Å². The van der Waals surface area contributed by atoms with Crippen molar-refractivity contribution in [2.24, 2.45) is 4.99 Å². The van der Waals surface area contributed by atoms with Crippen molar-refractivity contribution in [3.63, 3.8) is 0 Å². The molecular formula is C29H37N7. The van der Waals surface area contributed by atoms with Crippen molar-refractivity contribution in [2.45, 2.75) is 58.9 Å². The van der Waals surface area contributed by atoms with Gasteiger partial charge in [-0.3, -0.25) is 9.98 Å². The van der Waals surface area contributed by atoms with Crippen LogP contribution < -0.4 is 16.4 Å². The fraction of sp³-hybridized carbons (Fsp3) is 0.379. The molecule has 0 spiro atoms. The smallest absolute Gasteiger partial charge is 0.136 e. The third kappa shape index (κ3) is 6.55.